The van der Waals surface area contributed by atoms with Crippen LogP contribution < -0.4 is 18.3 Å². The molecular weight excluding hydrogens is 1090 g/mol. The first-order valence-corrected chi connectivity index (χ1v) is 31.4. The average molecular weight is 1190 g/mol. The molecule has 4 heteroatoms. The average Bonchev–Trinajstić information content (AvgIpc) is 0.841. The molecule has 0 fully saturated rings. The predicted octanol–water partition coefficient (Wildman–Crippen LogP) is 20.0. The van der Waals surface area contributed by atoms with Crippen molar-refractivity contribution in [3.8, 4) is 89.5 Å². The second-order valence-electron chi connectivity index (χ2n) is 23.8. The molecule has 12 rings (SSSR count). The molecule has 0 saturated heterocycles. The Morgan fingerprint density at radius 2 is 0.578 bits per heavy atom. The number of aryl methyl sites for hydroxylation is 10. The number of hydrogen-bond donors (Lipinski definition) is 0. The van der Waals surface area contributed by atoms with Gasteiger partial charge < -0.3 is 0 Å². The smallest absolute Gasteiger partial charge is 0.200 e. The van der Waals surface area contributed by atoms with Gasteiger partial charge in [0.2, 0.25) is 22.8 Å². The minimum Gasteiger partial charge on any atom is -0.200 e. The van der Waals surface area contributed by atoms with Gasteiger partial charge in [0.05, 0.1) is 0 Å². The molecule has 4 aromatic heterocycles. The summed E-state index contributed by atoms with van der Waals surface area (Å²) >= 11 is 0. The lowest BCUT2D eigenvalue weighted by Gasteiger charge is -2.08. The summed E-state index contributed by atoms with van der Waals surface area (Å²) in [5.41, 5.74) is 28.1. The van der Waals surface area contributed by atoms with Crippen LogP contribution in [0.1, 0.15) is 106 Å². The number of rotatable bonds is 12. The van der Waals surface area contributed by atoms with Crippen LogP contribution >= 0.6 is 0 Å². The molecule has 0 N–H and O–H groups in total. The maximum atomic E-state index is 8.20. The fourth-order valence-electron chi connectivity index (χ4n) is 11.4. The Bertz CT molecular complexity index is 4600. The van der Waals surface area contributed by atoms with Crippen LogP contribution in [0.25, 0.3) is 89.5 Å². The first-order chi connectivity index (χ1) is 45.7. The molecule has 8 aromatic carbocycles. The van der Waals surface area contributed by atoms with Gasteiger partial charge in [-0.2, -0.15) is 0 Å². The maximum Gasteiger partial charge on any atom is 0.212 e. The normalized spacial score (nSPS) is 12.8. The van der Waals surface area contributed by atoms with Gasteiger partial charge in [-0.1, -0.05) is 211 Å². The van der Waals surface area contributed by atoms with Crippen LogP contribution in [0.5, 0.6) is 0 Å². The van der Waals surface area contributed by atoms with Gasteiger partial charge in [0, 0.05) is 77.0 Å². The van der Waals surface area contributed by atoms with E-state index in [4.69, 9.17) is 8.22 Å². The third-order valence-corrected chi connectivity index (χ3v) is 17.0. The van der Waals surface area contributed by atoms with E-state index < -0.39 is 19.1 Å². The molecule has 4 nitrogen and oxygen atoms in total. The minimum atomic E-state index is -2.36. The second-order valence-corrected chi connectivity index (χ2v) is 23.8. The van der Waals surface area contributed by atoms with Gasteiger partial charge >= 0.3 is 0 Å². The summed E-state index contributed by atoms with van der Waals surface area (Å²) in [6.45, 7) is 15.8. The molecule has 0 aliphatic heterocycles. The van der Waals surface area contributed by atoms with E-state index in [2.05, 4.69) is 295 Å². The van der Waals surface area contributed by atoms with E-state index in [1.807, 2.05) is 55.6 Å². The highest BCUT2D eigenvalue weighted by molar-refractivity contribution is 5.70. The SMILES string of the molecule is CCc1ccc(-c2ccc(-c3ccccc3C)[n+](C)c2)cc1.Cc1ccccc1-c1ccc(-c2ccc(C(C)C)cc2)c[n+]1C.[2H]C([2H])(C)c1ccc(-c2ccc(-c3ccccc3C)[n+](C)c2)cc1.[2H]C([2H])([2H])C([2H])(C)c1ccc(-c2ccc(-c3ccccc3C)[n+](C)c2)cc1. The lowest BCUT2D eigenvalue weighted by molar-refractivity contribution is -0.660. The number of benzene rings is 8. The molecule has 0 spiro atoms. The van der Waals surface area contributed by atoms with Crippen molar-refractivity contribution < 1.29 is 26.5 Å². The summed E-state index contributed by atoms with van der Waals surface area (Å²) in [6, 6.07) is 83.7. The minimum absolute atomic E-state index is 0.493. The summed E-state index contributed by atoms with van der Waals surface area (Å²) in [5, 5.41) is 0. The van der Waals surface area contributed by atoms with Gasteiger partial charge in [0.1, 0.15) is 28.2 Å². The van der Waals surface area contributed by atoms with E-state index in [1.165, 1.54) is 102 Å². The Kier molecular flexibility index (Phi) is 19.3. The number of aromatic nitrogens is 4. The summed E-state index contributed by atoms with van der Waals surface area (Å²) < 4.78 is 55.2. The molecule has 0 saturated carbocycles. The molecule has 0 aliphatic rings. The van der Waals surface area contributed by atoms with Crippen LogP contribution in [0.4, 0.5) is 0 Å². The molecule has 0 bridgehead atoms. The Hall–Kier alpha value is -9.64. The van der Waals surface area contributed by atoms with Crippen molar-refractivity contribution in [3.63, 3.8) is 0 Å². The molecule has 0 amide bonds. The second kappa shape index (κ2) is 30.5. The molecule has 1 unspecified atom stereocenters. The van der Waals surface area contributed by atoms with Gasteiger partial charge in [-0.15, -0.1) is 0 Å². The Balaban J connectivity index is 0.000000151. The van der Waals surface area contributed by atoms with Gasteiger partial charge in [-0.25, -0.2) is 18.3 Å². The topological polar surface area (TPSA) is 15.5 Å². The summed E-state index contributed by atoms with van der Waals surface area (Å²) in [5.74, 6) is -1.05. The monoisotopic (exact) mass is 1190 g/mol. The third-order valence-electron chi connectivity index (χ3n) is 17.0. The summed E-state index contributed by atoms with van der Waals surface area (Å²) in [6.07, 6.45) is 8.39. The van der Waals surface area contributed by atoms with E-state index in [0.717, 1.165) is 34.4 Å². The van der Waals surface area contributed by atoms with Crippen LogP contribution in [0.2, 0.25) is 0 Å². The van der Waals surface area contributed by atoms with Crippen molar-refractivity contribution in [2.24, 2.45) is 28.2 Å². The zero-order valence-corrected chi connectivity index (χ0v) is 55.0. The third kappa shape index (κ3) is 16.2. The van der Waals surface area contributed by atoms with E-state index in [9.17, 15) is 0 Å². The quantitative estimate of drug-likeness (QED) is 0.108. The number of pyridine rings is 4. The first kappa shape index (κ1) is 56.8. The Labute approximate surface area is 547 Å². The molecule has 90 heavy (non-hydrogen) atoms. The molecule has 0 aliphatic carbocycles. The highest BCUT2D eigenvalue weighted by atomic mass is 14.9. The van der Waals surface area contributed by atoms with E-state index >= 15 is 0 Å². The standard InChI is InChI=1S/2C22H24N.2C21H22N/c2*1-16(2)18-9-11-19(12-10-18)20-13-14-22(23(4)15-20)21-8-6-5-7-17(21)3;2*1-4-17-9-11-18(12-10-17)19-13-14-21(22(3)15-19)20-8-6-5-7-16(20)2/h2*5-16H,1-4H3;2*5-15H,4H2,1-3H3/q4*+1/i1D3,16D;;4D2;. The molecule has 12 aromatic rings. The van der Waals surface area contributed by atoms with Crippen molar-refractivity contribution in [2.45, 2.75) is 93.8 Å². The van der Waals surface area contributed by atoms with Gasteiger partial charge in [-0.3, -0.25) is 0 Å². The van der Waals surface area contributed by atoms with Gasteiger partial charge in [0.15, 0.2) is 24.8 Å². The zero-order valence-electron chi connectivity index (χ0n) is 61.0. The maximum absolute atomic E-state index is 8.20. The predicted molar refractivity (Wildman–Crippen MR) is 380 cm³/mol. The Morgan fingerprint density at radius 3 is 0.822 bits per heavy atom. The molecule has 4 heterocycles. The molecule has 1 atom stereocenters. The highest BCUT2D eigenvalue weighted by Gasteiger charge is 2.18. The van der Waals surface area contributed by atoms with Crippen molar-refractivity contribution in [3.05, 3.63) is 312 Å². The van der Waals surface area contributed by atoms with E-state index in [1.54, 1.807) is 19.1 Å². The lowest BCUT2D eigenvalue weighted by Crippen LogP contribution is -2.30. The van der Waals surface area contributed by atoms with Gasteiger partial charge in [-0.05, 0) is 168 Å². The van der Waals surface area contributed by atoms with Crippen LogP contribution in [0, 0.1) is 27.7 Å². The fourth-order valence-corrected chi connectivity index (χ4v) is 11.4. The molecular formula is C86H92N4+4. The van der Waals surface area contributed by atoms with E-state index in [-0.39, 0.29) is 0 Å². The van der Waals surface area contributed by atoms with E-state index in [0.29, 0.717) is 17.0 Å². The number of hydrogen-bond acceptors (Lipinski definition) is 0. The number of nitrogens with zero attached hydrogens (tertiary/aromatic N) is 4. The van der Waals surface area contributed by atoms with Crippen molar-refractivity contribution >= 4 is 0 Å². The van der Waals surface area contributed by atoms with Crippen LogP contribution in [0.3, 0.4) is 0 Å². The van der Waals surface area contributed by atoms with Crippen LogP contribution in [-0.2, 0) is 41.0 Å². The van der Waals surface area contributed by atoms with Crippen LogP contribution in [0.15, 0.2) is 267 Å². The van der Waals surface area contributed by atoms with Gasteiger partial charge in [0.25, 0.3) is 0 Å². The van der Waals surface area contributed by atoms with Crippen LogP contribution in [-0.4, -0.2) is 0 Å². The first-order valence-electron chi connectivity index (χ1n) is 34.4. The largest absolute Gasteiger partial charge is 0.212 e. The zero-order chi connectivity index (χ0) is 69.1. The van der Waals surface area contributed by atoms with Crippen molar-refractivity contribution in [2.75, 3.05) is 0 Å². The lowest BCUT2D eigenvalue weighted by atomic mass is 9.98. The Morgan fingerprint density at radius 1 is 0.322 bits per heavy atom. The fraction of sp³-hybridized carbons (Fsp3) is 0.209. The summed E-state index contributed by atoms with van der Waals surface area (Å²) in [4.78, 5) is 0. The molecule has 452 valence electrons. The summed E-state index contributed by atoms with van der Waals surface area (Å²) in [7, 11) is 8.32. The van der Waals surface area contributed by atoms with Crippen molar-refractivity contribution in [1.29, 1.82) is 0 Å². The van der Waals surface area contributed by atoms with Crippen molar-refractivity contribution in [1.82, 2.24) is 0 Å². The highest BCUT2D eigenvalue weighted by Crippen LogP contribution is 2.30. The molecule has 0 radical (unpaired) electrons.